The monoisotopic (exact) mass is 288 g/mol. The molecule has 0 unspecified atom stereocenters. The number of hydrogen-bond donors (Lipinski definition) is 1. The third-order valence-corrected chi connectivity index (χ3v) is 4.49. The van der Waals surface area contributed by atoms with Crippen molar-refractivity contribution in [3.63, 3.8) is 0 Å². The zero-order valence-corrected chi connectivity index (χ0v) is 10.9. The van der Waals surface area contributed by atoms with Crippen molar-refractivity contribution in [2.45, 2.75) is 10.9 Å². The van der Waals surface area contributed by atoms with E-state index in [4.69, 9.17) is 16.8 Å². The molecule has 0 saturated carbocycles. The first-order valence-electron chi connectivity index (χ1n) is 4.56. The average molecular weight is 288 g/mol. The summed E-state index contributed by atoms with van der Waals surface area (Å²) in [5, 5.41) is 3.77. The Morgan fingerprint density at radius 1 is 1.35 bits per heavy atom. The molecule has 0 aliphatic heterocycles. The molecule has 0 amide bonds. The molecule has 0 bridgehead atoms. The van der Waals surface area contributed by atoms with Gasteiger partial charge in [-0.05, 0) is 17.8 Å². The van der Waals surface area contributed by atoms with Gasteiger partial charge in [0.05, 0.1) is 6.54 Å². The molecule has 2 rings (SSSR count). The molecule has 1 aromatic heterocycles. The van der Waals surface area contributed by atoms with Crippen LogP contribution in [0.15, 0.2) is 34.7 Å². The lowest BCUT2D eigenvalue weighted by atomic mass is 10.2. The summed E-state index contributed by atoms with van der Waals surface area (Å²) >= 11 is 5.75. The minimum absolute atomic E-state index is 0.307. The van der Waals surface area contributed by atoms with Crippen LogP contribution in [0.25, 0.3) is 0 Å². The van der Waals surface area contributed by atoms with Crippen molar-refractivity contribution in [1.82, 2.24) is 9.78 Å². The van der Waals surface area contributed by atoms with E-state index >= 15 is 0 Å². The van der Waals surface area contributed by atoms with Gasteiger partial charge in [-0.2, -0.15) is 8.42 Å². The fraction of sp³-hybridized carbons (Fsp3) is 0.111. The van der Waals surface area contributed by atoms with E-state index in [0.29, 0.717) is 10.5 Å². The van der Waals surface area contributed by atoms with Crippen molar-refractivity contribution in [1.29, 1.82) is 0 Å². The molecule has 0 aliphatic rings. The van der Waals surface area contributed by atoms with Gasteiger partial charge in [0.1, 0.15) is 0 Å². The second-order valence-corrected chi connectivity index (χ2v) is 6.47. The Balaban J connectivity index is 2.36. The SMILES string of the molecule is O=S(=O)(O)c1nn(Cc2ccccc2)c(=S)s1. The van der Waals surface area contributed by atoms with Gasteiger partial charge in [-0.3, -0.25) is 4.55 Å². The number of benzene rings is 1. The summed E-state index contributed by atoms with van der Waals surface area (Å²) in [5.74, 6) is 0. The Hall–Kier alpha value is -1.09. The first kappa shape index (κ1) is 12.4. The Bertz CT molecular complexity index is 673. The quantitative estimate of drug-likeness (QED) is 0.690. The zero-order chi connectivity index (χ0) is 12.5. The topological polar surface area (TPSA) is 72.2 Å². The van der Waals surface area contributed by atoms with E-state index in [1.54, 1.807) is 0 Å². The maximum atomic E-state index is 10.9. The normalized spacial score (nSPS) is 11.6. The van der Waals surface area contributed by atoms with Crippen LogP contribution in [-0.2, 0) is 16.7 Å². The van der Waals surface area contributed by atoms with E-state index in [0.717, 1.165) is 16.9 Å². The summed E-state index contributed by atoms with van der Waals surface area (Å²) in [6, 6.07) is 9.39. The van der Waals surface area contributed by atoms with Gasteiger partial charge in [0, 0.05) is 0 Å². The summed E-state index contributed by atoms with van der Waals surface area (Å²) in [6.45, 7) is 0.381. The molecule has 1 aromatic carbocycles. The number of rotatable bonds is 3. The van der Waals surface area contributed by atoms with Gasteiger partial charge in [-0.15, -0.1) is 5.10 Å². The first-order chi connectivity index (χ1) is 7.97. The number of aromatic nitrogens is 2. The van der Waals surface area contributed by atoms with Crippen LogP contribution in [0.1, 0.15) is 5.56 Å². The molecule has 17 heavy (non-hydrogen) atoms. The molecule has 1 N–H and O–H groups in total. The first-order valence-corrected chi connectivity index (χ1v) is 7.22. The minimum Gasteiger partial charge on any atom is -0.280 e. The summed E-state index contributed by atoms with van der Waals surface area (Å²) in [4.78, 5) is 0. The van der Waals surface area contributed by atoms with Crippen LogP contribution in [0.2, 0.25) is 0 Å². The van der Waals surface area contributed by atoms with Crippen LogP contribution in [0.3, 0.4) is 0 Å². The molecule has 0 atom stereocenters. The molecule has 0 aliphatic carbocycles. The third-order valence-electron chi connectivity index (χ3n) is 1.98. The third kappa shape index (κ3) is 2.97. The van der Waals surface area contributed by atoms with Crippen molar-refractivity contribution in [3.8, 4) is 0 Å². The van der Waals surface area contributed by atoms with Crippen LogP contribution < -0.4 is 0 Å². The van der Waals surface area contributed by atoms with Gasteiger partial charge in [-0.25, -0.2) is 4.68 Å². The van der Waals surface area contributed by atoms with Crippen molar-refractivity contribution in [3.05, 3.63) is 39.8 Å². The molecule has 5 nitrogen and oxygen atoms in total. The van der Waals surface area contributed by atoms with Crippen molar-refractivity contribution in [2.75, 3.05) is 0 Å². The average Bonchev–Trinajstić information content (AvgIpc) is 2.62. The molecule has 0 radical (unpaired) electrons. The zero-order valence-electron chi connectivity index (χ0n) is 8.48. The Kier molecular flexibility index (Phi) is 3.38. The highest BCUT2D eigenvalue weighted by Crippen LogP contribution is 2.15. The molecule has 2 aromatic rings. The van der Waals surface area contributed by atoms with E-state index in [2.05, 4.69) is 5.10 Å². The smallest absolute Gasteiger partial charge is 0.280 e. The Morgan fingerprint density at radius 2 is 2.00 bits per heavy atom. The Morgan fingerprint density at radius 3 is 2.53 bits per heavy atom. The van der Waals surface area contributed by atoms with Gasteiger partial charge in [0.15, 0.2) is 3.95 Å². The highest BCUT2D eigenvalue weighted by molar-refractivity contribution is 7.88. The summed E-state index contributed by atoms with van der Waals surface area (Å²) in [6.07, 6.45) is 0. The molecule has 0 saturated heterocycles. The lowest BCUT2D eigenvalue weighted by Crippen LogP contribution is -2.04. The minimum atomic E-state index is -4.28. The van der Waals surface area contributed by atoms with Crippen molar-refractivity contribution >= 4 is 33.7 Å². The van der Waals surface area contributed by atoms with Crippen LogP contribution in [0.4, 0.5) is 0 Å². The van der Waals surface area contributed by atoms with Crippen LogP contribution in [0.5, 0.6) is 0 Å². The fourth-order valence-electron chi connectivity index (χ4n) is 1.25. The fourth-order valence-corrected chi connectivity index (χ4v) is 3.11. The predicted octanol–water partition coefficient (Wildman–Crippen LogP) is 1.97. The van der Waals surface area contributed by atoms with E-state index in [9.17, 15) is 8.42 Å². The largest absolute Gasteiger partial charge is 0.323 e. The molecular formula is C9H8N2O3S3. The van der Waals surface area contributed by atoms with Gasteiger partial charge >= 0.3 is 10.1 Å². The summed E-state index contributed by atoms with van der Waals surface area (Å²) in [7, 11) is -4.28. The second-order valence-electron chi connectivity index (χ2n) is 3.25. The number of nitrogens with zero attached hydrogens (tertiary/aromatic N) is 2. The molecule has 90 valence electrons. The number of hydrogen-bond acceptors (Lipinski definition) is 5. The maximum Gasteiger partial charge on any atom is 0.323 e. The van der Waals surface area contributed by atoms with E-state index in [1.807, 2.05) is 30.3 Å². The van der Waals surface area contributed by atoms with Crippen LogP contribution in [-0.4, -0.2) is 22.8 Å². The van der Waals surface area contributed by atoms with Crippen molar-refractivity contribution < 1.29 is 13.0 Å². The molecule has 1 heterocycles. The molecule has 0 spiro atoms. The molecular weight excluding hydrogens is 280 g/mol. The van der Waals surface area contributed by atoms with Crippen molar-refractivity contribution in [2.24, 2.45) is 0 Å². The second kappa shape index (κ2) is 4.65. The van der Waals surface area contributed by atoms with Gasteiger partial charge in [0.25, 0.3) is 4.34 Å². The summed E-state index contributed by atoms with van der Waals surface area (Å²) in [5.41, 5.74) is 0.954. The van der Waals surface area contributed by atoms with Gasteiger partial charge < -0.3 is 0 Å². The van der Waals surface area contributed by atoms with E-state index < -0.39 is 10.1 Å². The standard InChI is InChI=1S/C9H8N2O3S3/c12-17(13,14)8-10-11(9(15)16-8)6-7-4-2-1-3-5-7/h1-5H,6H2,(H,12,13,14). The van der Waals surface area contributed by atoms with Crippen LogP contribution >= 0.6 is 23.6 Å². The maximum absolute atomic E-state index is 10.9. The lowest BCUT2D eigenvalue weighted by Gasteiger charge is -2.00. The Labute approximate surface area is 107 Å². The lowest BCUT2D eigenvalue weighted by molar-refractivity contribution is 0.478. The predicted molar refractivity (Wildman–Crippen MR) is 66.3 cm³/mol. The highest BCUT2D eigenvalue weighted by atomic mass is 32.3. The summed E-state index contributed by atoms with van der Waals surface area (Å²) < 4.78 is 31.9. The molecule has 8 heteroatoms. The van der Waals surface area contributed by atoms with Crippen LogP contribution in [0, 0.1) is 3.95 Å². The van der Waals surface area contributed by atoms with Gasteiger partial charge in [0.2, 0.25) is 0 Å². The molecule has 0 fully saturated rings. The van der Waals surface area contributed by atoms with E-state index in [1.165, 1.54) is 4.68 Å². The van der Waals surface area contributed by atoms with Gasteiger partial charge in [-0.1, -0.05) is 41.7 Å². The highest BCUT2D eigenvalue weighted by Gasteiger charge is 2.16. The van der Waals surface area contributed by atoms with E-state index in [-0.39, 0.29) is 4.34 Å².